The second-order valence-electron chi connectivity index (χ2n) is 5.14. The molecule has 0 radical (unpaired) electrons. The molecule has 2 saturated heterocycles. The molecule has 1 aromatic rings. The molecule has 0 saturated carbocycles. The first-order valence-electron chi connectivity index (χ1n) is 6.41. The molecular formula is C14H22Cl2N2. The van der Waals surface area contributed by atoms with Crippen LogP contribution >= 0.6 is 24.8 Å². The molecule has 102 valence electrons. The van der Waals surface area contributed by atoms with Crippen molar-refractivity contribution in [2.75, 3.05) is 19.6 Å². The van der Waals surface area contributed by atoms with Crippen molar-refractivity contribution < 1.29 is 0 Å². The number of nitrogens with zero attached hydrogens (tertiary/aromatic N) is 1. The molecule has 0 bridgehead atoms. The van der Waals surface area contributed by atoms with Crippen molar-refractivity contribution in [1.29, 1.82) is 0 Å². The molecule has 18 heavy (non-hydrogen) atoms. The van der Waals surface area contributed by atoms with Crippen LogP contribution in [0.4, 0.5) is 0 Å². The van der Waals surface area contributed by atoms with Gasteiger partial charge in [-0.2, -0.15) is 0 Å². The van der Waals surface area contributed by atoms with Crippen LogP contribution in [0.1, 0.15) is 18.4 Å². The summed E-state index contributed by atoms with van der Waals surface area (Å²) in [5.74, 6) is 0.900. The number of hydrogen-bond donors (Lipinski definition) is 1. The van der Waals surface area contributed by atoms with E-state index in [1.54, 1.807) is 0 Å². The molecule has 2 atom stereocenters. The quantitative estimate of drug-likeness (QED) is 0.900. The Balaban J connectivity index is 0.000000810. The lowest BCUT2D eigenvalue weighted by Crippen LogP contribution is -2.40. The molecule has 0 spiro atoms. The Labute approximate surface area is 122 Å². The van der Waals surface area contributed by atoms with Gasteiger partial charge in [0.05, 0.1) is 0 Å². The molecule has 3 rings (SSSR count). The van der Waals surface area contributed by atoms with Gasteiger partial charge in [-0.25, -0.2) is 0 Å². The molecule has 2 aliphatic heterocycles. The largest absolute Gasteiger partial charge is 0.312 e. The predicted molar refractivity (Wildman–Crippen MR) is 80.7 cm³/mol. The second-order valence-corrected chi connectivity index (χ2v) is 5.14. The number of fused-ring (bicyclic) bond motifs is 1. The number of nitrogens with one attached hydrogen (secondary N) is 1. The maximum absolute atomic E-state index is 3.66. The van der Waals surface area contributed by atoms with Crippen LogP contribution in [-0.2, 0) is 6.54 Å². The molecule has 1 aromatic carbocycles. The lowest BCUT2D eigenvalue weighted by Gasteiger charge is -2.24. The first-order chi connectivity index (χ1) is 7.92. The molecule has 2 heterocycles. The van der Waals surface area contributed by atoms with Gasteiger partial charge in [-0.15, -0.1) is 24.8 Å². The van der Waals surface area contributed by atoms with Crippen LogP contribution in [0.2, 0.25) is 0 Å². The molecule has 0 aromatic heterocycles. The Morgan fingerprint density at radius 1 is 1.11 bits per heavy atom. The lowest BCUT2D eigenvalue weighted by molar-refractivity contribution is 0.312. The van der Waals surface area contributed by atoms with E-state index in [1.165, 1.54) is 38.0 Å². The van der Waals surface area contributed by atoms with E-state index in [0.29, 0.717) is 0 Å². The minimum absolute atomic E-state index is 0. The topological polar surface area (TPSA) is 15.3 Å². The van der Waals surface area contributed by atoms with Crippen LogP contribution in [0, 0.1) is 5.92 Å². The third kappa shape index (κ3) is 3.61. The average molecular weight is 289 g/mol. The highest BCUT2D eigenvalue weighted by molar-refractivity contribution is 5.85. The van der Waals surface area contributed by atoms with E-state index in [1.807, 2.05) is 0 Å². The normalized spacial score (nSPS) is 26.9. The minimum Gasteiger partial charge on any atom is -0.312 e. The Morgan fingerprint density at radius 3 is 2.61 bits per heavy atom. The van der Waals surface area contributed by atoms with Crippen LogP contribution in [0.25, 0.3) is 0 Å². The first kappa shape index (κ1) is 15.8. The smallest absolute Gasteiger partial charge is 0.0235 e. The lowest BCUT2D eigenvalue weighted by atomic mass is 9.94. The minimum atomic E-state index is 0. The SMILES string of the molecule is Cl.Cl.c1ccc(CN2C[C@H]3CCCN[C@H]3C2)cc1. The fourth-order valence-electron chi connectivity index (χ4n) is 3.11. The predicted octanol–water partition coefficient (Wildman–Crippen LogP) is 2.71. The van der Waals surface area contributed by atoms with Gasteiger partial charge >= 0.3 is 0 Å². The molecule has 1 N–H and O–H groups in total. The van der Waals surface area contributed by atoms with Crippen molar-refractivity contribution in [1.82, 2.24) is 10.2 Å². The number of likely N-dealkylation sites (tertiary alicyclic amines) is 1. The molecule has 2 nitrogen and oxygen atoms in total. The summed E-state index contributed by atoms with van der Waals surface area (Å²) in [7, 11) is 0. The molecule has 0 unspecified atom stereocenters. The number of halogens is 2. The molecule has 4 heteroatoms. The maximum atomic E-state index is 3.66. The third-order valence-electron chi connectivity index (χ3n) is 3.92. The highest BCUT2D eigenvalue weighted by Crippen LogP contribution is 2.25. The van der Waals surface area contributed by atoms with Crippen molar-refractivity contribution in [2.45, 2.75) is 25.4 Å². The number of rotatable bonds is 2. The van der Waals surface area contributed by atoms with E-state index in [-0.39, 0.29) is 24.8 Å². The van der Waals surface area contributed by atoms with Gasteiger partial charge in [-0.1, -0.05) is 30.3 Å². The first-order valence-corrected chi connectivity index (χ1v) is 6.41. The summed E-state index contributed by atoms with van der Waals surface area (Å²) < 4.78 is 0. The Morgan fingerprint density at radius 2 is 1.89 bits per heavy atom. The van der Waals surface area contributed by atoms with Crippen molar-refractivity contribution in [3.63, 3.8) is 0 Å². The molecule has 0 aliphatic carbocycles. The highest BCUT2D eigenvalue weighted by Gasteiger charge is 2.33. The van der Waals surface area contributed by atoms with E-state index in [0.717, 1.165) is 18.5 Å². The summed E-state index contributed by atoms with van der Waals surface area (Å²) in [6.45, 7) is 4.86. The molecule has 2 fully saturated rings. The van der Waals surface area contributed by atoms with E-state index < -0.39 is 0 Å². The van der Waals surface area contributed by atoms with Crippen LogP contribution in [0.3, 0.4) is 0 Å². The summed E-state index contributed by atoms with van der Waals surface area (Å²) in [6, 6.07) is 11.6. The number of piperidine rings is 1. The van der Waals surface area contributed by atoms with Crippen LogP contribution < -0.4 is 5.32 Å². The van der Waals surface area contributed by atoms with Crippen molar-refractivity contribution >= 4 is 24.8 Å². The van der Waals surface area contributed by atoms with Gasteiger partial charge in [-0.05, 0) is 30.9 Å². The molecule has 2 aliphatic rings. The van der Waals surface area contributed by atoms with Gasteiger partial charge in [0, 0.05) is 25.7 Å². The highest BCUT2D eigenvalue weighted by atomic mass is 35.5. The summed E-state index contributed by atoms with van der Waals surface area (Å²) in [6.07, 6.45) is 2.78. The van der Waals surface area contributed by atoms with Crippen molar-refractivity contribution in [2.24, 2.45) is 5.92 Å². The zero-order valence-corrected chi connectivity index (χ0v) is 12.2. The van der Waals surface area contributed by atoms with Gasteiger partial charge in [0.25, 0.3) is 0 Å². The van der Waals surface area contributed by atoms with Crippen LogP contribution in [0.15, 0.2) is 30.3 Å². The Bertz CT molecular complexity index is 331. The van der Waals surface area contributed by atoms with Gasteiger partial charge in [0.2, 0.25) is 0 Å². The van der Waals surface area contributed by atoms with Gasteiger partial charge in [0.15, 0.2) is 0 Å². The van der Waals surface area contributed by atoms with Crippen LogP contribution in [-0.4, -0.2) is 30.6 Å². The van der Waals surface area contributed by atoms with Gasteiger partial charge < -0.3 is 5.32 Å². The zero-order chi connectivity index (χ0) is 10.8. The Hall–Kier alpha value is -0.280. The Kier molecular flexibility index (Phi) is 6.44. The van der Waals surface area contributed by atoms with Gasteiger partial charge in [-0.3, -0.25) is 4.90 Å². The average Bonchev–Trinajstić information content (AvgIpc) is 2.72. The summed E-state index contributed by atoms with van der Waals surface area (Å²) in [5.41, 5.74) is 1.45. The fourth-order valence-corrected chi connectivity index (χ4v) is 3.11. The summed E-state index contributed by atoms with van der Waals surface area (Å²) in [5, 5.41) is 3.66. The van der Waals surface area contributed by atoms with E-state index in [4.69, 9.17) is 0 Å². The number of hydrogen-bond acceptors (Lipinski definition) is 2. The van der Waals surface area contributed by atoms with E-state index >= 15 is 0 Å². The van der Waals surface area contributed by atoms with E-state index in [9.17, 15) is 0 Å². The second kappa shape index (κ2) is 7.34. The summed E-state index contributed by atoms with van der Waals surface area (Å²) in [4.78, 5) is 2.60. The van der Waals surface area contributed by atoms with Gasteiger partial charge in [0.1, 0.15) is 0 Å². The van der Waals surface area contributed by atoms with Crippen molar-refractivity contribution in [3.05, 3.63) is 35.9 Å². The number of benzene rings is 1. The molecular weight excluding hydrogens is 267 g/mol. The van der Waals surface area contributed by atoms with E-state index in [2.05, 4.69) is 40.5 Å². The third-order valence-corrected chi connectivity index (χ3v) is 3.92. The monoisotopic (exact) mass is 288 g/mol. The fraction of sp³-hybridized carbons (Fsp3) is 0.571. The summed E-state index contributed by atoms with van der Waals surface area (Å²) >= 11 is 0. The van der Waals surface area contributed by atoms with Crippen molar-refractivity contribution in [3.8, 4) is 0 Å². The zero-order valence-electron chi connectivity index (χ0n) is 10.5. The van der Waals surface area contributed by atoms with Crippen LogP contribution in [0.5, 0.6) is 0 Å². The molecule has 0 amide bonds. The maximum Gasteiger partial charge on any atom is 0.0235 e. The standard InChI is InChI=1S/C14H20N2.2ClH/c1-2-5-12(6-3-1)9-16-10-13-7-4-8-15-14(13)11-16;;/h1-3,5-6,13-15H,4,7-11H2;2*1H/t13-,14+;;/m1../s1.